The number of sulfonamides is 1. The summed E-state index contributed by atoms with van der Waals surface area (Å²) in [7, 11) is -2.68. The second-order valence-corrected chi connectivity index (χ2v) is 7.87. The minimum Gasteiger partial charge on any atom is -0.493 e. The Morgan fingerprint density at radius 2 is 1.97 bits per heavy atom. The smallest absolute Gasteiger partial charge is 0.276 e. The van der Waals surface area contributed by atoms with E-state index < -0.39 is 14.9 Å². The number of nitro benzene ring substituents is 1. The number of carbonyl (C=O) groups excluding carboxylic acids is 1. The van der Waals surface area contributed by atoms with E-state index >= 15 is 0 Å². The maximum atomic E-state index is 12.4. The zero-order valence-corrected chi connectivity index (χ0v) is 17.9. The van der Waals surface area contributed by atoms with Crippen LogP contribution in [-0.2, 0) is 14.8 Å². The van der Waals surface area contributed by atoms with Gasteiger partial charge in [-0.3, -0.25) is 14.9 Å². The summed E-state index contributed by atoms with van der Waals surface area (Å²) in [5.74, 6) is 0.379. The average Bonchev–Trinajstić information content (AvgIpc) is 2.72. The van der Waals surface area contributed by atoms with Crippen molar-refractivity contribution >= 4 is 27.8 Å². The number of hydrogen-bond donors (Lipinski definition) is 2. The normalized spacial score (nSPS) is 11.2. The number of hydrazone groups is 1. The van der Waals surface area contributed by atoms with Crippen LogP contribution < -0.4 is 19.6 Å². The zero-order chi connectivity index (χ0) is 23.0. The third kappa shape index (κ3) is 6.40. The van der Waals surface area contributed by atoms with Gasteiger partial charge in [-0.2, -0.15) is 13.5 Å². The number of carbonyl (C=O) groups is 1. The van der Waals surface area contributed by atoms with Gasteiger partial charge >= 0.3 is 0 Å². The lowest BCUT2D eigenvalue weighted by molar-refractivity contribution is -0.385. The summed E-state index contributed by atoms with van der Waals surface area (Å²) in [5, 5.41) is 17.3. The van der Waals surface area contributed by atoms with E-state index in [0.717, 1.165) is 6.07 Å². The van der Waals surface area contributed by atoms with Crippen molar-refractivity contribution in [1.29, 1.82) is 0 Å². The molecule has 166 valence electrons. The van der Waals surface area contributed by atoms with Crippen molar-refractivity contribution in [2.75, 3.05) is 20.3 Å². The summed E-state index contributed by atoms with van der Waals surface area (Å²) < 4.78 is 35.3. The largest absolute Gasteiger partial charge is 0.493 e. The lowest BCUT2D eigenvalue weighted by Crippen LogP contribution is -2.28. The quantitative estimate of drug-likeness (QED) is 0.318. The minimum atomic E-state index is -4.10. The van der Waals surface area contributed by atoms with Gasteiger partial charge in [-0.15, -0.1) is 0 Å². The lowest BCUT2D eigenvalue weighted by atomic mass is 10.2. The summed E-state index contributed by atoms with van der Waals surface area (Å²) in [6.45, 7) is 3.61. The van der Waals surface area contributed by atoms with E-state index in [2.05, 4.69) is 10.4 Å². The average molecular weight is 450 g/mol. The molecule has 2 rings (SSSR count). The van der Waals surface area contributed by atoms with Gasteiger partial charge < -0.3 is 14.8 Å². The Balaban J connectivity index is 2.12. The summed E-state index contributed by atoms with van der Waals surface area (Å²) in [6.07, 6.45) is 1.23. The van der Waals surface area contributed by atoms with Gasteiger partial charge in [0, 0.05) is 18.2 Å². The number of likely N-dealkylation sites (N-methyl/N-ethyl adjacent to an activating group) is 1. The third-order valence-corrected chi connectivity index (χ3v) is 5.21. The van der Waals surface area contributed by atoms with Gasteiger partial charge in [-0.05, 0) is 43.7 Å². The van der Waals surface area contributed by atoms with Crippen molar-refractivity contribution in [3.8, 4) is 11.5 Å². The van der Waals surface area contributed by atoms with Gasteiger partial charge in [0.15, 0.2) is 18.1 Å². The Hall–Kier alpha value is -3.67. The number of hydrogen-bond acceptors (Lipinski definition) is 8. The van der Waals surface area contributed by atoms with Crippen LogP contribution in [0, 0.1) is 17.0 Å². The molecule has 31 heavy (non-hydrogen) atoms. The van der Waals surface area contributed by atoms with Gasteiger partial charge in [0.25, 0.3) is 21.6 Å². The van der Waals surface area contributed by atoms with Crippen LogP contribution in [0.1, 0.15) is 18.1 Å². The molecule has 2 aromatic rings. The molecule has 0 bridgehead atoms. The van der Waals surface area contributed by atoms with E-state index in [1.54, 1.807) is 25.1 Å². The first-order valence-electron chi connectivity index (χ1n) is 9.05. The van der Waals surface area contributed by atoms with Gasteiger partial charge in [-0.1, -0.05) is 6.07 Å². The van der Waals surface area contributed by atoms with Crippen molar-refractivity contribution in [3.63, 3.8) is 0 Å². The maximum absolute atomic E-state index is 12.4. The molecule has 0 aliphatic carbocycles. The number of nitrogens with one attached hydrogen (secondary N) is 2. The lowest BCUT2D eigenvalue weighted by Gasteiger charge is -2.11. The predicted molar refractivity (Wildman–Crippen MR) is 113 cm³/mol. The number of nitro groups is 1. The molecule has 2 aromatic carbocycles. The van der Waals surface area contributed by atoms with Crippen LogP contribution in [0.4, 0.5) is 5.69 Å². The predicted octanol–water partition coefficient (Wildman–Crippen LogP) is 1.74. The molecule has 11 nitrogen and oxygen atoms in total. The third-order valence-electron chi connectivity index (χ3n) is 3.99. The number of ether oxygens (including phenoxy) is 2. The fourth-order valence-corrected chi connectivity index (χ4v) is 3.26. The first kappa shape index (κ1) is 23.6. The van der Waals surface area contributed by atoms with Crippen LogP contribution in [0.15, 0.2) is 46.4 Å². The molecular weight excluding hydrogens is 428 g/mol. The molecule has 1 amide bonds. The molecule has 0 heterocycles. The second-order valence-electron chi connectivity index (χ2n) is 6.21. The van der Waals surface area contributed by atoms with Crippen LogP contribution in [0.5, 0.6) is 11.5 Å². The van der Waals surface area contributed by atoms with Crippen LogP contribution >= 0.6 is 0 Å². The van der Waals surface area contributed by atoms with Gasteiger partial charge in [0.1, 0.15) is 0 Å². The molecular formula is C19H22N4O7S. The molecule has 0 aliphatic rings. The number of methoxy groups -OCH3 is 1. The van der Waals surface area contributed by atoms with E-state index in [9.17, 15) is 23.3 Å². The zero-order valence-electron chi connectivity index (χ0n) is 17.1. The Morgan fingerprint density at radius 1 is 1.23 bits per heavy atom. The van der Waals surface area contributed by atoms with Crippen LogP contribution in [0.3, 0.4) is 0 Å². The Kier molecular flexibility index (Phi) is 7.91. The maximum Gasteiger partial charge on any atom is 0.276 e. The first-order chi connectivity index (χ1) is 14.7. The topological polar surface area (TPSA) is 149 Å². The van der Waals surface area contributed by atoms with E-state index in [0.29, 0.717) is 29.2 Å². The molecule has 0 saturated carbocycles. The molecule has 0 aliphatic heterocycles. The summed E-state index contributed by atoms with van der Waals surface area (Å²) >= 11 is 0. The van der Waals surface area contributed by atoms with Gasteiger partial charge in [-0.25, -0.2) is 4.83 Å². The number of aryl methyl sites for hydroxylation is 1. The fourth-order valence-electron chi connectivity index (χ4n) is 2.45. The monoisotopic (exact) mass is 450 g/mol. The molecule has 0 saturated heterocycles. The molecule has 0 spiro atoms. The summed E-state index contributed by atoms with van der Waals surface area (Å²) in [6, 6.07) is 8.25. The highest BCUT2D eigenvalue weighted by atomic mass is 32.2. The highest BCUT2D eigenvalue weighted by Gasteiger charge is 2.19. The number of amides is 1. The summed E-state index contributed by atoms with van der Waals surface area (Å²) in [5.41, 5.74) is 0.522. The molecule has 0 unspecified atom stereocenters. The number of rotatable bonds is 10. The second kappa shape index (κ2) is 10.4. The van der Waals surface area contributed by atoms with Crippen molar-refractivity contribution < 1.29 is 27.6 Å². The Labute approximate surface area is 179 Å². The van der Waals surface area contributed by atoms with Gasteiger partial charge in [0.2, 0.25) is 0 Å². The molecule has 0 fully saturated rings. The molecule has 0 aromatic heterocycles. The van der Waals surface area contributed by atoms with E-state index in [1.807, 2.05) is 4.83 Å². The molecule has 12 heteroatoms. The Morgan fingerprint density at radius 3 is 2.61 bits per heavy atom. The highest BCUT2D eigenvalue weighted by Crippen LogP contribution is 2.27. The molecule has 2 N–H and O–H groups in total. The van der Waals surface area contributed by atoms with Crippen LogP contribution in [-0.4, -0.2) is 45.7 Å². The Bertz CT molecular complexity index is 1100. The number of nitrogens with zero attached hydrogens (tertiary/aromatic N) is 2. The SMILES string of the molecule is CCNC(=O)COc1ccc(/C=N/NS(=O)(=O)c2ccc(C)c([N+](=O)[O-])c2)cc1OC. The van der Waals surface area contributed by atoms with Crippen LogP contribution in [0.25, 0.3) is 0 Å². The van der Waals surface area contributed by atoms with Crippen molar-refractivity contribution in [1.82, 2.24) is 10.1 Å². The van der Waals surface area contributed by atoms with E-state index in [1.165, 1.54) is 32.4 Å². The molecule has 0 radical (unpaired) electrons. The van der Waals surface area contributed by atoms with Crippen molar-refractivity contribution in [3.05, 3.63) is 57.6 Å². The first-order valence-corrected chi connectivity index (χ1v) is 10.5. The molecule has 0 atom stereocenters. The summed E-state index contributed by atoms with van der Waals surface area (Å²) in [4.78, 5) is 23.6. The van der Waals surface area contributed by atoms with E-state index in [-0.39, 0.29) is 23.1 Å². The highest BCUT2D eigenvalue weighted by molar-refractivity contribution is 7.89. The number of benzene rings is 2. The van der Waals surface area contributed by atoms with Crippen molar-refractivity contribution in [2.45, 2.75) is 18.7 Å². The van der Waals surface area contributed by atoms with Gasteiger partial charge in [0.05, 0.1) is 23.1 Å². The van der Waals surface area contributed by atoms with Crippen LogP contribution in [0.2, 0.25) is 0 Å². The minimum absolute atomic E-state index is 0.180. The van der Waals surface area contributed by atoms with E-state index in [4.69, 9.17) is 9.47 Å². The standard InChI is InChI=1S/C19H22N4O7S/c1-4-20-19(24)12-30-17-8-6-14(9-18(17)29-3)11-21-22-31(27,28)15-7-5-13(2)16(10-15)23(25)26/h5-11,22H,4,12H2,1-3H3,(H,20,24)/b21-11+. The van der Waals surface area contributed by atoms with Crippen molar-refractivity contribution in [2.24, 2.45) is 5.10 Å². The fraction of sp³-hybridized carbons (Fsp3) is 0.263.